The quantitative estimate of drug-likeness (QED) is 0.510. The van der Waals surface area contributed by atoms with Gasteiger partial charge in [0.2, 0.25) is 5.91 Å². The van der Waals surface area contributed by atoms with Crippen molar-refractivity contribution in [1.82, 2.24) is 9.80 Å². The van der Waals surface area contributed by atoms with E-state index in [1.807, 2.05) is 18.7 Å². The van der Waals surface area contributed by atoms with Crippen LogP contribution in [-0.2, 0) is 11.3 Å². The van der Waals surface area contributed by atoms with Crippen molar-refractivity contribution in [3.8, 4) is 11.5 Å². The maximum atomic E-state index is 12.7. The minimum atomic E-state index is -0.403. The van der Waals surface area contributed by atoms with Gasteiger partial charge in [0, 0.05) is 31.7 Å². The highest BCUT2D eigenvalue weighted by atomic mass is 16.6. The normalized spacial score (nSPS) is 17.4. The third-order valence-corrected chi connectivity index (χ3v) is 5.11. The number of hydrogen-bond donors (Lipinski definition) is 0. The lowest BCUT2D eigenvalue weighted by molar-refractivity contribution is -0.385. The first-order valence-corrected chi connectivity index (χ1v) is 9.35. The molecule has 150 valence electrons. The third kappa shape index (κ3) is 4.88. The van der Waals surface area contributed by atoms with Gasteiger partial charge in [0.15, 0.2) is 11.5 Å². The van der Waals surface area contributed by atoms with Crippen molar-refractivity contribution in [2.75, 3.05) is 40.4 Å². The number of nitrogens with zero attached hydrogens (tertiary/aromatic N) is 3. The molecule has 0 radical (unpaired) electrons. The Balaban J connectivity index is 2.20. The van der Waals surface area contributed by atoms with Crippen LogP contribution >= 0.6 is 0 Å². The first-order chi connectivity index (χ1) is 12.9. The van der Waals surface area contributed by atoms with E-state index in [0.29, 0.717) is 43.2 Å². The van der Waals surface area contributed by atoms with E-state index in [1.54, 1.807) is 6.07 Å². The third-order valence-electron chi connectivity index (χ3n) is 5.11. The summed E-state index contributed by atoms with van der Waals surface area (Å²) in [5.74, 6) is 0.913. The van der Waals surface area contributed by atoms with E-state index in [-0.39, 0.29) is 17.5 Å². The topological polar surface area (TPSA) is 85.2 Å². The fraction of sp³-hybridized carbons (Fsp3) is 0.632. The minimum absolute atomic E-state index is 0.00448. The molecule has 1 amide bonds. The van der Waals surface area contributed by atoms with Gasteiger partial charge in [-0.3, -0.25) is 19.8 Å². The number of amides is 1. The van der Waals surface area contributed by atoms with Gasteiger partial charge in [0.25, 0.3) is 5.69 Å². The standard InChI is InChI=1S/C19H29N3O5/c1-5-21(6-2)19(23)14-8-7-9-20(12-14)13-15-10-17(26-3)18(27-4)11-16(15)22(24)25/h10-11,14H,5-9,12-13H2,1-4H3/t14-/m1/s1. The number of carbonyl (C=O) groups is 1. The molecule has 0 bridgehead atoms. The second-order valence-electron chi connectivity index (χ2n) is 6.68. The summed E-state index contributed by atoms with van der Waals surface area (Å²) in [5, 5.41) is 11.5. The van der Waals surface area contributed by atoms with Crippen LogP contribution in [0.2, 0.25) is 0 Å². The van der Waals surface area contributed by atoms with Gasteiger partial charge in [-0.2, -0.15) is 0 Å². The van der Waals surface area contributed by atoms with Crippen molar-refractivity contribution >= 4 is 11.6 Å². The highest BCUT2D eigenvalue weighted by molar-refractivity contribution is 5.79. The Morgan fingerprint density at radius 3 is 2.44 bits per heavy atom. The molecule has 1 heterocycles. The zero-order valence-corrected chi connectivity index (χ0v) is 16.6. The van der Waals surface area contributed by atoms with Crippen molar-refractivity contribution in [3.63, 3.8) is 0 Å². The van der Waals surface area contributed by atoms with Gasteiger partial charge >= 0.3 is 0 Å². The van der Waals surface area contributed by atoms with Crippen molar-refractivity contribution in [1.29, 1.82) is 0 Å². The fourth-order valence-corrected chi connectivity index (χ4v) is 3.64. The van der Waals surface area contributed by atoms with E-state index in [2.05, 4.69) is 4.90 Å². The van der Waals surface area contributed by atoms with E-state index in [9.17, 15) is 14.9 Å². The molecule has 1 aliphatic heterocycles. The molecule has 8 heteroatoms. The molecule has 27 heavy (non-hydrogen) atoms. The van der Waals surface area contributed by atoms with Crippen LogP contribution in [0, 0.1) is 16.0 Å². The lowest BCUT2D eigenvalue weighted by atomic mass is 9.95. The van der Waals surface area contributed by atoms with Gasteiger partial charge in [0.1, 0.15) is 0 Å². The molecule has 1 saturated heterocycles. The summed E-state index contributed by atoms with van der Waals surface area (Å²) in [6, 6.07) is 3.06. The van der Waals surface area contributed by atoms with Crippen LogP contribution in [0.25, 0.3) is 0 Å². The predicted molar refractivity (Wildman–Crippen MR) is 102 cm³/mol. The summed E-state index contributed by atoms with van der Waals surface area (Å²) in [7, 11) is 2.96. The molecular weight excluding hydrogens is 350 g/mol. The van der Waals surface area contributed by atoms with E-state index >= 15 is 0 Å². The van der Waals surface area contributed by atoms with Crippen molar-refractivity contribution < 1.29 is 19.2 Å². The largest absolute Gasteiger partial charge is 0.493 e. The minimum Gasteiger partial charge on any atom is -0.493 e. The highest BCUT2D eigenvalue weighted by Gasteiger charge is 2.30. The average molecular weight is 379 g/mol. The van der Waals surface area contributed by atoms with Crippen LogP contribution in [0.1, 0.15) is 32.3 Å². The summed E-state index contributed by atoms with van der Waals surface area (Å²) >= 11 is 0. The van der Waals surface area contributed by atoms with Gasteiger partial charge in [-0.1, -0.05) is 0 Å². The molecule has 1 aliphatic rings. The summed E-state index contributed by atoms with van der Waals surface area (Å²) in [6.07, 6.45) is 1.76. The Labute approximate surface area is 160 Å². The number of piperidine rings is 1. The van der Waals surface area contributed by atoms with Crippen LogP contribution in [0.4, 0.5) is 5.69 Å². The zero-order valence-electron chi connectivity index (χ0n) is 16.6. The Morgan fingerprint density at radius 2 is 1.89 bits per heavy atom. The van der Waals surface area contributed by atoms with Gasteiger partial charge in [-0.25, -0.2) is 0 Å². The Kier molecular flexibility index (Phi) is 7.41. The van der Waals surface area contributed by atoms with E-state index in [1.165, 1.54) is 20.3 Å². The van der Waals surface area contributed by atoms with Crippen LogP contribution in [0.15, 0.2) is 12.1 Å². The highest BCUT2D eigenvalue weighted by Crippen LogP contribution is 2.35. The molecule has 2 rings (SSSR count). The van der Waals surface area contributed by atoms with Gasteiger partial charge in [0.05, 0.1) is 31.1 Å². The predicted octanol–water partition coefficient (Wildman–Crippen LogP) is 2.69. The van der Waals surface area contributed by atoms with Crippen LogP contribution in [0.3, 0.4) is 0 Å². The lowest BCUT2D eigenvalue weighted by Crippen LogP contribution is -2.44. The number of hydrogen-bond acceptors (Lipinski definition) is 6. The SMILES string of the molecule is CCN(CC)C(=O)[C@@H]1CCCN(Cc2cc(OC)c(OC)cc2[N+](=O)[O-])C1. The Hall–Kier alpha value is -2.35. The van der Waals surface area contributed by atoms with Crippen molar-refractivity contribution in [3.05, 3.63) is 27.8 Å². The zero-order chi connectivity index (χ0) is 20.0. The molecule has 0 spiro atoms. The molecule has 0 aromatic heterocycles. The molecular formula is C19H29N3O5. The Bertz CT molecular complexity index is 676. The second-order valence-corrected chi connectivity index (χ2v) is 6.68. The van der Waals surface area contributed by atoms with E-state index < -0.39 is 4.92 Å². The van der Waals surface area contributed by atoms with Gasteiger partial charge in [-0.15, -0.1) is 0 Å². The van der Waals surface area contributed by atoms with Crippen molar-refractivity contribution in [2.24, 2.45) is 5.92 Å². The van der Waals surface area contributed by atoms with E-state index in [0.717, 1.165) is 19.4 Å². The smallest absolute Gasteiger partial charge is 0.277 e. The van der Waals surface area contributed by atoms with Gasteiger partial charge < -0.3 is 14.4 Å². The lowest BCUT2D eigenvalue weighted by Gasteiger charge is -2.34. The van der Waals surface area contributed by atoms with Crippen molar-refractivity contribution in [2.45, 2.75) is 33.2 Å². The molecule has 8 nitrogen and oxygen atoms in total. The molecule has 1 aromatic rings. The number of benzene rings is 1. The Morgan fingerprint density at radius 1 is 1.26 bits per heavy atom. The second kappa shape index (κ2) is 9.55. The molecule has 1 atom stereocenters. The average Bonchev–Trinajstić information content (AvgIpc) is 2.68. The summed E-state index contributed by atoms with van der Waals surface area (Å²) < 4.78 is 10.5. The van der Waals surface area contributed by atoms with Crippen LogP contribution in [0.5, 0.6) is 11.5 Å². The first kappa shape index (κ1) is 21.0. The number of likely N-dealkylation sites (tertiary alicyclic amines) is 1. The number of rotatable bonds is 8. The monoisotopic (exact) mass is 379 g/mol. The summed E-state index contributed by atoms with van der Waals surface area (Å²) in [5.41, 5.74) is 0.568. The van der Waals surface area contributed by atoms with Gasteiger partial charge in [-0.05, 0) is 39.3 Å². The van der Waals surface area contributed by atoms with Crippen LogP contribution in [-0.4, -0.2) is 61.0 Å². The maximum Gasteiger partial charge on any atom is 0.277 e. The number of carbonyl (C=O) groups excluding carboxylic acids is 1. The maximum absolute atomic E-state index is 12.7. The molecule has 1 aromatic carbocycles. The number of methoxy groups -OCH3 is 2. The molecule has 0 unspecified atom stereocenters. The molecule has 0 aliphatic carbocycles. The number of ether oxygens (including phenoxy) is 2. The van der Waals surface area contributed by atoms with E-state index in [4.69, 9.17) is 9.47 Å². The summed E-state index contributed by atoms with van der Waals surface area (Å²) in [6.45, 7) is 7.19. The molecule has 0 N–H and O–H groups in total. The fourth-order valence-electron chi connectivity index (χ4n) is 3.64. The molecule has 1 fully saturated rings. The summed E-state index contributed by atoms with van der Waals surface area (Å²) in [4.78, 5) is 27.7. The molecule has 0 saturated carbocycles. The first-order valence-electron chi connectivity index (χ1n) is 9.35. The number of nitro groups is 1. The van der Waals surface area contributed by atoms with Crippen LogP contribution < -0.4 is 9.47 Å². The number of nitro benzene ring substituents is 1.